The summed E-state index contributed by atoms with van der Waals surface area (Å²) < 4.78 is 5.71. The first-order valence-electron chi connectivity index (χ1n) is 6.92. The maximum atomic E-state index is 5.79. The summed E-state index contributed by atoms with van der Waals surface area (Å²) in [5, 5.41) is 3.58. The van der Waals surface area contributed by atoms with Crippen molar-refractivity contribution in [2.24, 2.45) is 17.6 Å². The van der Waals surface area contributed by atoms with E-state index >= 15 is 0 Å². The summed E-state index contributed by atoms with van der Waals surface area (Å²) in [6, 6.07) is 0. The molecule has 2 rings (SSSR count). The van der Waals surface area contributed by atoms with Crippen LogP contribution >= 0.6 is 0 Å². The van der Waals surface area contributed by atoms with Crippen molar-refractivity contribution in [2.75, 3.05) is 26.2 Å². The van der Waals surface area contributed by atoms with Crippen molar-refractivity contribution in [3.63, 3.8) is 0 Å². The molecule has 3 nitrogen and oxygen atoms in total. The Bertz CT molecular complexity index is 192. The molecule has 0 aromatic rings. The summed E-state index contributed by atoms with van der Waals surface area (Å²) in [4.78, 5) is 0. The molecule has 2 fully saturated rings. The summed E-state index contributed by atoms with van der Waals surface area (Å²) in [7, 11) is 0. The number of hydrogen-bond donors (Lipinski definition) is 2. The zero-order chi connectivity index (χ0) is 11.2. The number of hydrogen-bond acceptors (Lipinski definition) is 3. The molecule has 0 aromatic carbocycles. The standard InChI is InChI=1S/C13H26N2O/c14-8-11-4-3-5-12(11)9-15-10-13-6-1-2-7-16-13/h11-13,15H,1-10,14H2. The molecular weight excluding hydrogens is 200 g/mol. The first-order chi connectivity index (χ1) is 7.90. The van der Waals surface area contributed by atoms with Gasteiger partial charge in [-0.25, -0.2) is 0 Å². The van der Waals surface area contributed by atoms with Gasteiger partial charge >= 0.3 is 0 Å². The summed E-state index contributed by atoms with van der Waals surface area (Å²) in [5.41, 5.74) is 5.79. The highest BCUT2D eigenvalue weighted by atomic mass is 16.5. The molecule has 3 unspecified atom stereocenters. The maximum Gasteiger partial charge on any atom is 0.0699 e. The molecule has 0 bridgehead atoms. The van der Waals surface area contributed by atoms with E-state index in [0.29, 0.717) is 6.10 Å². The molecule has 1 aliphatic carbocycles. The number of nitrogens with two attached hydrogens (primary N) is 1. The maximum absolute atomic E-state index is 5.79. The Kier molecular flexibility index (Phi) is 5.07. The Morgan fingerprint density at radius 1 is 1.00 bits per heavy atom. The highest BCUT2D eigenvalue weighted by Crippen LogP contribution is 2.30. The van der Waals surface area contributed by atoms with Crippen molar-refractivity contribution in [2.45, 2.75) is 44.6 Å². The fourth-order valence-corrected chi connectivity index (χ4v) is 3.09. The number of ether oxygens (including phenoxy) is 1. The van der Waals surface area contributed by atoms with Crippen LogP contribution in [0.15, 0.2) is 0 Å². The monoisotopic (exact) mass is 226 g/mol. The highest BCUT2D eigenvalue weighted by Gasteiger charge is 2.25. The van der Waals surface area contributed by atoms with Gasteiger partial charge in [-0.3, -0.25) is 0 Å². The van der Waals surface area contributed by atoms with Gasteiger partial charge in [0.15, 0.2) is 0 Å². The zero-order valence-electron chi connectivity index (χ0n) is 10.3. The van der Waals surface area contributed by atoms with Gasteiger partial charge in [0.25, 0.3) is 0 Å². The topological polar surface area (TPSA) is 47.3 Å². The molecule has 3 atom stereocenters. The minimum atomic E-state index is 0.464. The average molecular weight is 226 g/mol. The second kappa shape index (κ2) is 6.58. The molecule has 1 saturated carbocycles. The minimum absolute atomic E-state index is 0.464. The first kappa shape index (κ1) is 12.3. The van der Waals surface area contributed by atoms with Crippen molar-refractivity contribution in [3.8, 4) is 0 Å². The molecule has 2 aliphatic rings. The zero-order valence-corrected chi connectivity index (χ0v) is 10.3. The van der Waals surface area contributed by atoms with Crippen molar-refractivity contribution >= 4 is 0 Å². The molecule has 1 aliphatic heterocycles. The Balaban J connectivity index is 1.59. The van der Waals surface area contributed by atoms with E-state index in [4.69, 9.17) is 10.5 Å². The second-order valence-corrected chi connectivity index (χ2v) is 5.33. The molecule has 0 radical (unpaired) electrons. The summed E-state index contributed by atoms with van der Waals surface area (Å²) in [6.07, 6.45) is 8.34. The van der Waals surface area contributed by atoms with Crippen molar-refractivity contribution in [1.82, 2.24) is 5.32 Å². The predicted octanol–water partition coefficient (Wildman–Crippen LogP) is 1.52. The van der Waals surface area contributed by atoms with Gasteiger partial charge in [-0.2, -0.15) is 0 Å². The minimum Gasteiger partial charge on any atom is -0.377 e. The molecule has 1 saturated heterocycles. The van der Waals surface area contributed by atoms with Crippen LogP contribution in [0.1, 0.15) is 38.5 Å². The molecule has 0 aromatic heterocycles. The normalized spacial score (nSPS) is 35.4. The van der Waals surface area contributed by atoms with E-state index in [1.165, 1.54) is 38.5 Å². The lowest BCUT2D eigenvalue weighted by molar-refractivity contribution is 0.0163. The van der Waals surface area contributed by atoms with E-state index in [0.717, 1.165) is 38.1 Å². The quantitative estimate of drug-likeness (QED) is 0.747. The lowest BCUT2D eigenvalue weighted by Crippen LogP contribution is -2.36. The van der Waals surface area contributed by atoms with Gasteiger partial charge in [0.1, 0.15) is 0 Å². The van der Waals surface area contributed by atoms with E-state index in [9.17, 15) is 0 Å². The van der Waals surface area contributed by atoms with E-state index in [2.05, 4.69) is 5.32 Å². The lowest BCUT2D eigenvalue weighted by atomic mass is 9.96. The largest absolute Gasteiger partial charge is 0.377 e. The Morgan fingerprint density at radius 3 is 2.62 bits per heavy atom. The fraction of sp³-hybridized carbons (Fsp3) is 1.00. The van der Waals surface area contributed by atoms with Crippen LogP contribution in [0.25, 0.3) is 0 Å². The third-order valence-electron chi connectivity index (χ3n) is 4.17. The van der Waals surface area contributed by atoms with E-state index in [1.54, 1.807) is 0 Å². The Morgan fingerprint density at radius 2 is 1.88 bits per heavy atom. The summed E-state index contributed by atoms with van der Waals surface area (Å²) >= 11 is 0. The average Bonchev–Trinajstić information content (AvgIpc) is 2.78. The lowest BCUT2D eigenvalue weighted by Gasteiger charge is -2.24. The first-order valence-corrected chi connectivity index (χ1v) is 6.92. The van der Waals surface area contributed by atoms with Crippen LogP contribution in [0.5, 0.6) is 0 Å². The Hall–Kier alpha value is -0.120. The third-order valence-corrected chi connectivity index (χ3v) is 4.17. The molecule has 1 heterocycles. The molecule has 3 N–H and O–H groups in total. The van der Waals surface area contributed by atoms with Crippen LogP contribution in [0.2, 0.25) is 0 Å². The van der Waals surface area contributed by atoms with Gasteiger partial charge in [0.2, 0.25) is 0 Å². The van der Waals surface area contributed by atoms with Gasteiger partial charge in [-0.05, 0) is 57.0 Å². The van der Waals surface area contributed by atoms with Crippen molar-refractivity contribution in [1.29, 1.82) is 0 Å². The smallest absolute Gasteiger partial charge is 0.0699 e. The van der Waals surface area contributed by atoms with Crippen LogP contribution in [-0.2, 0) is 4.74 Å². The molecule has 0 spiro atoms. The molecule has 3 heteroatoms. The van der Waals surface area contributed by atoms with E-state index in [1.807, 2.05) is 0 Å². The second-order valence-electron chi connectivity index (χ2n) is 5.33. The Labute approximate surface area is 99.1 Å². The third kappa shape index (κ3) is 3.44. The van der Waals surface area contributed by atoms with Gasteiger partial charge in [-0.15, -0.1) is 0 Å². The fourth-order valence-electron chi connectivity index (χ4n) is 3.09. The van der Waals surface area contributed by atoms with Crippen LogP contribution in [-0.4, -0.2) is 32.3 Å². The molecular formula is C13H26N2O. The number of nitrogens with one attached hydrogen (secondary N) is 1. The van der Waals surface area contributed by atoms with E-state index < -0.39 is 0 Å². The number of rotatable bonds is 5. The van der Waals surface area contributed by atoms with Gasteiger partial charge < -0.3 is 15.8 Å². The highest BCUT2D eigenvalue weighted by molar-refractivity contribution is 4.80. The molecule has 0 amide bonds. The SMILES string of the molecule is NCC1CCCC1CNCC1CCCCO1. The molecule has 16 heavy (non-hydrogen) atoms. The molecule has 94 valence electrons. The van der Waals surface area contributed by atoms with Crippen molar-refractivity contribution in [3.05, 3.63) is 0 Å². The summed E-state index contributed by atoms with van der Waals surface area (Å²) in [5.74, 6) is 1.58. The van der Waals surface area contributed by atoms with Gasteiger partial charge in [0, 0.05) is 13.2 Å². The van der Waals surface area contributed by atoms with Crippen molar-refractivity contribution < 1.29 is 4.74 Å². The predicted molar refractivity (Wildman–Crippen MR) is 66.3 cm³/mol. The van der Waals surface area contributed by atoms with Crippen LogP contribution < -0.4 is 11.1 Å². The van der Waals surface area contributed by atoms with Gasteiger partial charge in [0.05, 0.1) is 6.10 Å². The van der Waals surface area contributed by atoms with Crippen LogP contribution in [0, 0.1) is 11.8 Å². The van der Waals surface area contributed by atoms with Crippen LogP contribution in [0.4, 0.5) is 0 Å². The van der Waals surface area contributed by atoms with E-state index in [-0.39, 0.29) is 0 Å². The van der Waals surface area contributed by atoms with Gasteiger partial charge in [-0.1, -0.05) is 6.42 Å². The van der Waals surface area contributed by atoms with Crippen LogP contribution in [0.3, 0.4) is 0 Å². The summed E-state index contributed by atoms with van der Waals surface area (Å²) in [6.45, 7) is 4.00.